The molecule has 2 aromatic heterocycles. The number of aryl methyl sites for hydroxylation is 2. The van der Waals surface area contributed by atoms with Crippen LogP contribution in [0.15, 0.2) is 267 Å². The molecule has 0 fully saturated rings. The molecule has 0 radical (unpaired) electrons. The Morgan fingerprint density at radius 3 is 0.931 bits per heavy atom. The fourth-order valence-corrected chi connectivity index (χ4v) is 11.1. The fraction of sp³-hybridized carbons (Fsp3) is 0.0294. The highest BCUT2D eigenvalue weighted by Gasteiger charge is 2.23. The third-order valence-corrected chi connectivity index (χ3v) is 14.3. The molecule has 2 heterocycles. The normalized spacial score (nSPS) is 11.5. The van der Waals surface area contributed by atoms with E-state index in [9.17, 15) is 0 Å². The number of fused-ring (bicyclic) bond motifs is 6. The molecule has 342 valence electrons. The Morgan fingerprint density at radius 1 is 0.278 bits per heavy atom. The highest BCUT2D eigenvalue weighted by molar-refractivity contribution is 6.18. The minimum absolute atomic E-state index is 1.12. The monoisotopic (exact) mass is 922 g/mol. The van der Waals surface area contributed by atoms with Crippen LogP contribution in [0.3, 0.4) is 0 Å². The van der Waals surface area contributed by atoms with Crippen LogP contribution in [0.5, 0.6) is 0 Å². The number of hydrogen-bond donors (Lipinski definition) is 0. The van der Waals surface area contributed by atoms with E-state index in [0.717, 1.165) is 45.5 Å². The van der Waals surface area contributed by atoms with Gasteiger partial charge in [0.15, 0.2) is 0 Å². The van der Waals surface area contributed by atoms with Crippen LogP contribution in [-0.2, 0) is 0 Å². The third kappa shape index (κ3) is 7.23. The fourth-order valence-electron chi connectivity index (χ4n) is 11.1. The Morgan fingerprint density at radius 2 is 0.583 bits per heavy atom. The van der Waals surface area contributed by atoms with Gasteiger partial charge in [0.05, 0.1) is 33.4 Å². The summed E-state index contributed by atoms with van der Waals surface area (Å²) in [5.74, 6) is 0. The molecule has 0 aliphatic heterocycles. The van der Waals surface area contributed by atoms with Crippen molar-refractivity contribution >= 4 is 77.7 Å². The molecule has 0 atom stereocenters. The highest BCUT2D eigenvalue weighted by atomic mass is 15.2. The molecule has 0 bridgehead atoms. The van der Waals surface area contributed by atoms with Crippen LogP contribution < -0.4 is 9.80 Å². The summed E-state index contributed by atoms with van der Waals surface area (Å²) in [7, 11) is 0. The van der Waals surface area contributed by atoms with Crippen molar-refractivity contribution in [3.8, 4) is 33.6 Å². The van der Waals surface area contributed by atoms with E-state index in [1.807, 2.05) is 0 Å². The molecule has 13 aromatic rings. The van der Waals surface area contributed by atoms with E-state index in [2.05, 4.69) is 300 Å². The average molecular weight is 923 g/mol. The second kappa shape index (κ2) is 17.9. The minimum atomic E-state index is 1.12. The van der Waals surface area contributed by atoms with Crippen LogP contribution in [-0.4, -0.2) is 9.13 Å². The lowest BCUT2D eigenvalue weighted by molar-refractivity contribution is 1.18. The Balaban J connectivity index is 0.842. The molecule has 0 saturated carbocycles. The molecule has 4 nitrogen and oxygen atoms in total. The summed E-state index contributed by atoms with van der Waals surface area (Å²) in [5, 5.41) is 4.88. The number of benzene rings is 11. The minimum Gasteiger partial charge on any atom is -0.310 e. The summed E-state index contributed by atoms with van der Waals surface area (Å²) >= 11 is 0. The van der Waals surface area contributed by atoms with E-state index in [4.69, 9.17) is 0 Å². The average Bonchev–Trinajstić information content (AvgIpc) is 3.97. The van der Waals surface area contributed by atoms with Crippen molar-refractivity contribution in [2.75, 3.05) is 9.80 Å². The van der Waals surface area contributed by atoms with Gasteiger partial charge in [-0.3, -0.25) is 0 Å². The maximum Gasteiger partial charge on any atom is 0.0562 e. The molecule has 0 N–H and O–H groups in total. The third-order valence-electron chi connectivity index (χ3n) is 14.3. The van der Waals surface area contributed by atoms with Crippen LogP contribution in [0, 0.1) is 13.8 Å². The quantitative estimate of drug-likeness (QED) is 0.136. The summed E-state index contributed by atoms with van der Waals surface area (Å²) in [4.78, 5) is 4.75. The first-order valence-electron chi connectivity index (χ1n) is 24.8. The number of rotatable bonds is 10. The predicted molar refractivity (Wildman–Crippen MR) is 305 cm³/mol. The number of nitrogens with zero attached hydrogens (tertiary/aromatic N) is 4. The molecule has 0 unspecified atom stereocenters. The lowest BCUT2D eigenvalue weighted by atomic mass is 9.92. The first kappa shape index (κ1) is 42.7. The number of hydrogen-bond acceptors (Lipinski definition) is 2. The van der Waals surface area contributed by atoms with Crippen molar-refractivity contribution in [1.82, 2.24) is 9.13 Å². The van der Waals surface area contributed by atoms with E-state index < -0.39 is 0 Å². The van der Waals surface area contributed by atoms with Crippen molar-refractivity contribution in [3.63, 3.8) is 0 Å². The van der Waals surface area contributed by atoms with Gasteiger partial charge in [-0.05, 0) is 156 Å². The van der Waals surface area contributed by atoms with Crippen LogP contribution in [0.25, 0.3) is 77.2 Å². The largest absolute Gasteiger partial charge is 0.310 e. The van der Waals surface area contributed by atoms with Crippen LogP contribution >= 0.6 is 0 Å². The van der Waals surface area contributed by atoms with E-state index in [-0.39, 0.29) is 0 Å². The van der Waals surface area contributed by atoms with Crippen molar-refractivity contribution in [2.24, 2.45) is 0 Å². The molecule has 0 aliphatic carbocycles. The topological polar surface area (TPSA) is 16.3 Å². The van der Waals surface area contributed by atoms with E-state index in [1.165, 1.54) is 77.0 Å². The van der Waals surface area contributed by atoms with Crippen LogP contribution in [0.4, 0.5) is 34.1 Å². The molecular formula is C68H50N4. The van der Waals surface area contributed by atoms with Crippen LogP contribution in [0.2, 0.25) is 0 Å². The SMILES string of the molecule is Cc1cc(-c2ccc(-n3c4ccccc4c4c(N(c5ccccc5)c5ccccc5)cccc43)cc2)c(C)cc1-c1ccc(-n2c3ccccc3c3c(N(c4ccccc4)c4ccccc4)cccc32)cc1. The Labute approximate surface area is 420 Å². The van der Waals surface area contributed by atoms with Gasteiger partial charge in [-0.2, -0.15) is 0 Å². The maximum atomic E-state index is 2.42. The maximum absolute atomic E-state index is 2.42. The lowest BCUT2D eigenvalue weighted by Crippen LogP contribution is -2.10. The second-order valence-corrected chi connectivity index (χ2v) is 18.6. The summed E-state index contributed by atoms with van der Waals surface area (Å²) in [6, 6.07) is 96.6. The van der Waals surface area contributed by atoms with Gasteiger partial charge in [-0.25, -0.2) is 0 Å². The Kier molecular flexibility index (Phi) is 10.6. The van der Waals surface area contributed by atoms with Gasteiger partial charge in [-0.15, -0.1) is 0 Å². The number of aromatic nitrogens is 2. The van der Waals surface area contributed by atoms with Gasteiger partial charge in [-0.1, -0.05) is 158 Å². The van der Waals surface area contributed by atoms with Gasteiger partial charge in [0.1, 0.15) is 0 Å². The van der Waals surface area contributed by atoms with E-state index in [1.54, 1.807) is 0 Å². The van der Waals surface area contributed by atoms with E-state index in [0.29, 0.717) is 0 Å². The Bertz CT molecular complexity index is 3730. The van der Waals surface area contributed by atoms with E-state index >= 15 is 0 Å². The molecule has 11 aromatic carbocycles. The molecule has 0 amide bonds. The Hall–Kier alpha value is -9.38. The zero-order valence-electron chi connectivity index (χ0n) is 40.2. The molecule has 13 rings (SSSR count). The molecule has 0 saturated heterocycles. The highest BCUT2D eigenvalue weighted by Crippen LogP contribution is 2.46. The van der Waals surface area contributed by atoms with Crippen LogP contribution in [0.1, 0.15) is 11.1 Å². The summed E-state index contributed by atoms with van der Waals surface area (Å²) in [6.07, 6.45) is 0. The first-order chi connectivity index (χ1) is 35.6. The molecular weight excluding hydrogens is 873 g/mol. The summed E-state index contributed by atoms with van der Waals surface area (Å²) < 4.78 is 4.83. The first-order valence-corrected chi connectivity index (χ1v) is 24.8. The molecule has 4 heteroatoms. The zero-order valence-corrected chi connectivity index (χ0v) is 40.2. The van der Waals surface area contributed by atoms with Gasteiger partial charge in [0.2, 0.25) is 0 Å². The lowest BCUT2D eigenvalue weighted by Gasteiger charge is -2.26. The molecule has 72 heavy (non-hydrogen) atoms. The van der Waals surface area contributed by atoms with Crippen molar-refractivity contribution in [2.45, 2.75) is 13.8 Å². The summed E-state index contributed by atoms with van der Waals surface area (Å²) in [5.41, 5.74) is 21.1. The smallest absolute Gasteiger partial charge is 0.0562 e. The van der Waals surface area contributed by atoms with Crippen molar-refractivity contribution in [1.29, 1.82) is 0 Å². The van der Waals surface area contributed by atoms with Gasteiger partial charge < -0.3 is 18.9 Å². The summed E-state index contributed by atoms with van der Waals surface area (Å²) in [6.45, 7) is 4.48. The predicted octanol–water partition coefficient (Wildman–Crippen LogP) is 18.8. The number of para-hydroxylation sites is 6. The van der Waals surface area contributed by atoms with Crippen molar-refractivity contribution < 1.29 is 0 Å². The van der Waals surface area contributed by atoms with Gasteiger partial charge in [0, 0.05) is 55.7 Å². The van der Waals surface area contributed by atoms with Gasteiger partial charge in [0.25, 0.3) is 0 Å². The second-order valence-electron chi connectivity index (χ2n) is 18.6. The standard InChI is InChI=1S/C68H50N4/c1-47-45-60(50-39-43-56(44-40-50)72-62-32-18-16-30-58(62)68-64(34-20-36-66(68)72)70(53-25-11-5-12-26-53)54-27-13-6-14-28-54)48(2)46-59(47)49-37-41-55(42-38-49)71-61-31-17-15-29-57(61)67-63(33-19-35-65(67)71)69(51-21-7-3-8-22-51)52-23-9-4-10-24-52/h3-46H,1-2H3. The van der Waals surface area contributed by atoms with Crippen molar-refractivity contribution in [3.05, 3.63) is 278 Å². The molecule has 0 aliphatic rings. The zero-order chi connectivity index (χ0) is 48.1. The van der Waals surface area contributed by atoms with Gasteiger partial charge >= 0.3 is 0 Å². The molecule has 0 spiro atoms. The number of anilines is 6.